The monoisotopic (exact) mass is 309 g/mol. The zero-order valence-corrected chi connectivity index (χ0v) is 12.4. The van der Waals surface area contributed by atoms with Crippen molar-refractivity contribution in [3.05, 3.63) is 71.5 Å². The number of benzene rings is 2. The number of fused-ring (bicyclic) bond motifs is 3. The lowest BCUT2D eigenvalue weighted by atomic mass is 10.2. The van der Waals surface area contributed by atoms with E-state index >= 15 is 0 Å². The normalized spacial score (nSPS) is 11.1. The molecule has 0 aliphatic rings. The van der Waals surface area contributed by atoms with Gasteiger partial charge < -0.3 is 4.74 Å². The highest BCUT2D eigenvalue weighted by atomic mass is 35.5. The standard InChI is InChI=1S/C17H12ClN3O/c18-13-5-3-4-12(8-13)10-22-16-9-17-20-19-11-21(17)15-7-2-1-6-14(15)16/h1-9,11H,10H2. The van der Waals surface area contributed by atoms with E-state index in [9.17, 15) is 0 Å². The van der Waals surface area contributed by atoms with Crippen LogP contribution in [0.3, 0.4) is 0 Å². The molecule has 0 spiro atoms. The van der Waals surface area contributed by atoms with Crippen LogP contribution in [-0.4, -0.2) is 14.6 Å². The van der Waals surface area contributed by atoms with Crippen molar-refractivity contribution in [2.24, 2.45) is 0 Å². The van der Waals surface area contributed by atoms with Gasteiger partial charge in [-0.3, -0.25) is 4.40 Å². The van der Waals surface area contributed by atoms with Crippen molar-refractivity contribution < 1.29 is 4.74 Å². The van der Waals surface area contributed by atoms with Gasteiger partial charge >= 0.3 is 0 Å². The lowest BCUT2D eigenvalue weighted by Crippen LogP contribution is -1.98. The molecule has 0 aliphatic carbocycles. The molecule has 22 heavy (non-hydrogen) atoms. The van der Waals surface area contributed by atoms with Crippen LogP contribution in [-0.2, 0) is 6.61 Å². The molecule has 0 saturated heterocycles. The molecule has 0 aliphatic heterocycles. The first-order chi connectivity index (χ1) is 10.8. The molecule has 0 atom stereocenters. The maximum Gasteiger partial charge on any atom is 0.164 e. The number of para-hydroxylation sites is 1. The number of aromatic nitrogens is 3. The molecule has 0 fully saturated rings. The average Bonchev–Trinajstić information content (AvgIpc) is 3.01. The van der Waals surface area contributed by atoms with E-state index in [2.05, 4.69) is 10.2 Å². The molecule has 0 bridgehead atoms. The smallest absolute Gasteiger partial charge is 0.164 e. The van der Waals surface area contributed by atoms with E-state index < -0.39 is 0 Å². The van der Waals surface area contributed by atoms with Crippen molar-refractivity contribution in [2.45, 2.75) is 6.61 Å². The highest BCUT2D eigenvalue weighted by Crippen LogP contribution is 2.28. The van der Waals surface area contributed by atoms with Crippen LogP contribution in [0.5, 0.6) is 5.75 Å². The fourth-order valence-electron chi connectivity index (χ4n) is 2.52. The Hall–Kier alpha value is -2.59. The minimum Gasteiger partial charge on any atom is -0.488 e. The zero-order chi connectivity index (χ0) is 14.9. The first-order valence-corrected chi connectivity index (χ1v) is 7.28. The molecule has 4 aromatic rings. The van der Waals surface area contributed by atoms with Gasteiger partial charge in [-0.05, 0) is 29.8 Å². The van der Waals surface area contributed by atoms with Crippen LogP contribution in [0.4, 0.5) is 0 Å². The summed E-state index contributed by atoms with van der Waals surface area (Å²) in [5, 5.41) is 9.80. The third-order valence-electron chi connectivity index (χ3n) is 3.55. The van der Waals surface area contributed by atoms with E-state index in [-0.39, 0.29) is 0 Å². The highest BCUT2D eigenvalue weighted by molar-refractivity contribution is 6.30. The molecule has 5 heteroatoms. The summed E-state index contributed by atoms with van der Waals surface area (Å²) in [6.45, 7) is 0.453. The Bertz CT molecular complexity index is 964. The maximum atomic E-state index is 6.01. The molecule has 0 radical (unpaired) electrons. The van der Waals surface area contributed by atoms with Crippen LogP contribution in [0.1, 0.15) is 5.56 Å². The second-order valence-electron chi connectivity index (χ2n) is 5.00. The van der Waals surface area contributed by atoms with Crippen LogP contribution >= 0.6 is 11.6 Å². The van der Waals surface area contributed by atoms with Crippen LogP contribution < -0.4 is 4.74 Å². The van der Waals surface area contributed by atoms with Gasteiger partial charge in [0.2, 0.25) is 0 Å². The van der Waals surface area contributed by atoms with Crippen molar-refractivity contribution in [3.63, 3.8) is 0 Å². The third-order valence-corrected chi connectivity index (χ3v) is 3.78. The first kappa shape index (κ1) is 13.1. The molecular weight excluding hydrogens is 298 g/mol. The Balaban J connectivity index is 1.76. The summed E-state index contributed by atoms with van der Waals surface area (Å²) in [6, 6.07) is 17.6. The minimum atomic E-state index is 0.453. The van der Waals surface area contributed by atoms with E-state index in [1.165, 1.54) is 0 Å². The van der Waals surface area contributed by atoms with Crippen molar-refractivity contribution >= 4 is 28.2 Å². The van der Waals surface area contributed by atoms with Crippen LogP contribution in [0, 0.1) is 0 Å². The van der Waals surface area contributed by atoms with Gasteiger partial charge in [0.05, 0.1) is 5.52 Å². The Morgan fingerprint density at radius 2 is 1.95 bits per heavy atom. The largest absolute Gasteiger partial charge is 0.488 e. The van der Waals surface area contributed by atoms with Gasteiger partial charge in [0.1, 0.15) is 18.7 Å². The summed E-state index contributed by atoms with van der Waals surface area (Å²) in [5.41, 5.74) is 2.81. The van der Waals surface area contributed by atoms with Gasteiger partial charge in [-0.15, -0.1) is 10.2 Å². The van der Waals surface area contributed by atoms with Gasteiger partial charge in [-0.2, -0.15) is 0 Å². The molecule has 108 valence electrons. The Morgan fingerprint density at radius 3 is 2.86 bits per heavy atom. The summed E-state index contributed by atoms with van der Waals surface area (Å²) >= 11 is 6.01. The highest BCUT2D eigenvalue weighted by Gasteiger charge is 2.08. The molecule has 0 saturated carbocycles. The summed E-state index contributed by atoms with van der Waals surface area (Å²) in [6.07, 6.45) is 1.71. The summed E-state index contributed by atoms with van der Waals surface area (Å²) in [7, 11) is 0. The molecule has 4 nitrogen and oxygen atoms in total. The molecule has 0 N–H and O–H groups in total. The molecular formula is C17H12ClN3O. The third kappa shape index (κ3) is 2.27. The Labute approximate surface area is 131 Å². The quantitative estimate of drug-likeness (QED) is 0.571. The van der Waals surface area contributed by atoms with Gasteiger partial charge in [0, 0.05) is 16.5 Å². The average molecular weight is 310 g/mol. The Kier molecular flexibility index (Phi) is 3.16. The zero-order valence-electron chi connectivity index (χ0n) is 11.6. The van der Waals surface area contributed by atoms with Gasteiger partial charge in [0.15, 0.2) is 5.65 Å². The second-order valence-corrected chi connectivity index (χ2v) is 5.44. The fraction of sp³-hybridized carbons (Fsp3) is 0.0588. The Morgan fingerprint density at radius 1 is 1.05 bits per heavy atom. The minimum absolute atomic E-state index is 0.453. The molecule has 0 unspecified atom stereocenters. The van der Waals surface area contributed by atoms with E-state index in [1.54, 1.807) is 6.33 Å². The predicted molar refractivity (Wildman–Crippen MR) is 86.3 cm³/mol. The van der Waals surface area contributed by atoms with E-state index in [0.717, 1.165) is 27.9 Å². The van der Waals surface area contributed by atoms with Crippen LogP contribution in [0.25, 0.3) is 16.6 Å². The number of halogens is 1. The van der Waals surface area contributed by atoms with Crippen LogP contribution in [0.2, 0.25) is 5.02 Å². The van der Waals surface area contributed by atoms with E-state index in [4.69, 9.17) is 16.3 Å². The van der Waals surface area contributed by atoms with Crippen molar-refractivity contribution in [2.75, 3.05) is 0 Å². The van der Waals surface area contributed by atoms with Gasteiger partial charge in [-0.25, -0.2) is 0 Å². The second kappa shape index (κ2) is 5.31. The van der Waals surface area contributed by atoms with Crippen molar-refractivity contribution in [1.29, 1.82) is 0 Å². The lowest BCUT2D eigenvalue weighted by molar-refractivity contribution is 0.310. The number of rotatable bonds is 3. The first-order valence-electron chi connectivity index (χ1n) is 6.90. The fourth-order valence-corrected chi connectivity index (χ4v) is 2.74. The predicted octanol–water partition coefficient (Wildman–Crippen LogP) is 4.11. The number of nitrogens with zero attached hydrogens (tertiary/aromatic N) is 3. The lowest BCUT2D eigenvalue weighted by Gasteiger charge is -2.11. The number of hydrogen-bond donors (Lipinski definition) is 0. The molecule has 2 aromatic heterocycles. The number of pyridine rings is 1. The topological polar surface area (TPSA) is 39.4 Å². The molecule has 2 aromatic carbocycles. The maximum absolute atomic E-state index is 6.01. The molecule has 2 heterocycles. The van der Waals surface area contributed by atoms with Crippen molar-refractivity contribution in [1.82, 2.24) is 14.6 Å². The summed E-state index contributed by atoms with van der Waals surface area (Å²) in [4.78, 5) is 0. The summed E-state index contributed by atoms with van der Waals surface area (Å²) in [5.74, 6) is 0.788. The molecule has 4 rings (SSSR count). The molecule has 0 amide bonds. The van der Waals surface area contributed by atoms with Gasteiger partial charge in [-0.1, -0.05) is 35.9 Å². The SMILES string of the molecule is Clc1cccc(COc2cc3nncn3c3ccccc23)c1. The summed E-state index contributed by atoms with van der Waals surface area (Å²) < 4.78 is 7.94. The number of ether oxygens (including phenoxy) is 1. The van der Waals surface area contributed by atoms with E-state index in [1.807, 2.05) is 59.0 Å². The van der Waals surface area contributed by atoms with Crippen molar-refractivity contribution in [3.8, 4) is 5.75 Å². The van der Waals surface area contributed by atoms with E-state index in [0.29, 0.717) is 11.6 Å². The van der Waals surface area contributed by atoms with Gasteiger partial charge in [0.25, 0.3) is 0 Å². The number of hydrogen-bond acceptors (Lipinski definition) is 3. The van der Waals surface area contributed by atoms with Crippen LogP contribution in [0.15, 0.2) is 60.9 Å².